The van der Waals surface area contributed by atoms with Crippen molar-refractivity contribution < 1.29 is 0 Å². The summed E-state index contributed by atoms with van der Waals surface area (Å²) in [4.78, 5) is 6.99. The smallest absolute Gasteiger partial charge is 0.194 e. The van der Waals surface area contributed by atoms with Crippen LogP contribution in [0.25, 0.3) is 11.0 Å². The molecule has 0 spiro atoms. The van der Waals surface area contributed by atoms with Crippen molar-refractivity contribution in [3.63, 3.8) is 0 Å². The molecule has 2 rings (SSSR count). The van der Waals surface area contributed by atoms with Gasteiger partial charge in [0.2, 0.25) is 0 Å². The Labute approximate surface area is 115 Å². The van der Waals surface area contributed by atoms with Crippen molar-refractivity contribution in [2.75, 3.05) is 5.33 Å². The number of nitrogens with zero attached hydrogens (tertiary/aromatic N) is 2. The third kappa shape index (κ3) is 2.47. The fraction of sp³-hybridized carbons (Fsp3) is 0.462. The molecule has 92 valence electrons. The van der Waals surface area contributed by atoms with Gasteiger partial charge < -0.3 is 0 Å². The average Bonchev–Trinajstić information content (AvgIpc) is 2.71. The highest BCUT2D eigenvalue weighted by Gasteiger charge is 2.11. The van der Waals surface area contributed by atoms with Gasteiger partial charge in [0.05, 0.1) is 11.4 Å². The first-order chi connectivity index (χ1) is 8.02. The van der Waals surface area contributed by atoms with E-state index in [0.29, 0.717) is 5.92 Å². The van der Waals surface area contributed by atoms with E-state index in [-0.39, 0.29) is 0 Å². The number of rotatable bonds is 3. The van der Waals surface area contributed by atoms with Gasteiger partial charge in [0.1, 0.15) is 0 Å². The summed E-state index contributed by atoms with van der Waals surface area (Å²) in [7, 11) is 0. The molecular weight excluding hydrogens is 296 g/mol. The molecule has 0 bridgehead atoms. The van der Waals surface area contributed by atoms with Crippen LogP contribution >= 0.6 is 27.3 Å². The highest BCUT2D eigenvalue weighted by molar-refractivity contribution is 9.09. The van der Waals surface area contributed by atoms with Gasteiger partial charge in [0.25, 0.3) is 0 Å². The van der Waals surface area contributed by atoms with Gasteiger partial charge in [-0.25, -0.2) is 4.98 Å². The summed E-state index contributed by atoms with van der Waals surface area (Å²) in [6.07, 6.45) is 4.43. The van der Waals surface area contributed by atoms with E-state index in [0.717, 1.165) is 16.0 Å². The van der Waals surface area contributed by atoms with E-state index in [1.807, 2.05) is 0 Å². The van der Waals surface area contributed by atoms with Crippen LogP contribution in [0.3, 0.4) is 0 Å². The first kappa shape index (κ1) is 12.8. The molecule has 2 aromatic rings. The molecule has 0 fully saturated rings. The van der Waals surface area contributed by atoms with Crippen molar-refractivity contribution in [1.82, 2.24) is 9.38 Å². The summed E-state index contributed by atoms with van der Waals surface area (Å²) in [5, 5.41) is 0.917. The number of allylic oxidation sites excluding steroid dienone is 1. The van der Waals surface area contributed by atoms with Gasteiger partial charge in [-0.2, -0.15) is 0 Å². The maximum Gasteiger partial charge on any atom is 0.194 e. The Hall–Kier alpha value is -0.610. The van der Waals surface area contributed by atoms with E-state index in [1.165, 1.54) is 16.1 Å². The fourth-order valence-electron chi connectivity index (χ4n) is 1.79. The van der Waals surface area contributed by atoms with Crippen LogP contribution in [0.2, 0.25) is 0 Å². The molecule has 0 atom stereocenters. The second kappa shape index (κ2) is 4.94. The van der Waals surface area contributed by atoms with Crippen LogP contribution in [0.15, 0.2) is 11.8 Å². The highest BCUT2D eigenvalue weighted by Crippen LogP contribution is 2.24. The second-order valence-electron chi connectivity index (χ2n) is 4.58. The quantitative estimate of drug-likeness (QED) is 0.765. The number of hydrogen-bond donors (Lipinski definition) is 0. The lowest BCUT2D eigenvalue weighted by atomic mass is 10.0. The molecule has 0 saturated carbocycles. The van der Waals surface area contributed by atoms with Gasteiger partial charge in [0.15, 0.2) is 4.96 Å². The molecule has 0 N–H and O–H groups in total. The number of aromatic nitrogens is 2. The second-order valence-corrected chi connectivity index (χ2v) is 6.36. The Bertz CT molecular complexity index is 563. The lowest BCUT2D eigenvalue weighted by Crippen LogP contribution is -1.96. The molecule has 0 amide bonds. The van der Waals surface area contributed by atoms with Crippen molar-refractivity contribution >= 4 is 38.3 Å². The average molecular weight is 313 g/mol. The first-order valence-electron chi connectivity index (χ1n) is 5.74. The van der Waals surface area contributed by atoms with Gasteiger partial charge in [-0.3, -0.25) is 4.40 Å². The summed E-state index contributed by atoms with van der Waals surface area (Å²) in [5.74, 6) is 0.555. The van der Waals surface area contributed by atoms with Gasteiger partial charge in [-0.1, -0.05) is 35.4 Å². The molecule has 0 radical (unpaired) electrons. The third-order valence-corrected chi connectivity index (χ3v) is 4.43. The zero-order valence-electron chi connectivity index (χ0n) is 10.6. The van der Waals surface area contributed by atoms with Gasteiger partial charge in [-0.05, 0) is 25.8 Å². The number of imidazole rings is 1. The molecule has 4 heteroatoms. The van der Waals surface area contributed by atoms with Crippen LogP contribution in [0.4, 0.5) is 0 Å². The predicted molar refractivity (Wildman–Crippen MR) is 79.2 cm³/mol. The minimum Gasteiger partial charge on any atom is -0.290 e. The molecule has 0 unspecified atom stereocenters. The lowest BCUT2D eigenvalue weighted by Gasteiger charge is -2.07. The van der Waals surface area contributed by atoms with Crippen molar-refractivity contribution in [3.05, 3.63) is 28.0 Å². The van der Waals surface area contributed by atoms with E-state index in [9.17, 15) is 0 Å². The minimum atomic E-state index is 0.555. The Morgan fingerprint density at radius 3 is 2.82 bits per heavy atom. The van der Waals surface area contributed by atoms with E-state index in [4.69, 9.17) is 0 Å². The Kier molecular flexibility index (Phi) is 3.73. The first-order valence-corrected chi connectivity index (χ1v) is 7.68. The largest absolute Gasteiger partial charge is 0.290 e. The molecule has 0 aliphatic rings. The molecule has 2 heterocycles. The van der Waals surface area contributed by atoms with Crippen LogP contribution in [0.1, 0.15) is 30.1 Å². The minimum absolute atomic E-state index is 0.555. The van der Waals surface area contributed by atoms with Crippen LogP contribution in [-0.4, -0.2) is 14.7 Å². The molecule has 0 aliphatic heterocycles. The van der Waals surface area contributed by atoms with Crippen molar-refractivity contribution in [2.24, 2.45) is 5.92 Å². The number of aryl methyl sites for hydroxylation is 2. The summed E-state index contributed by atoms with van der Waals surface area (Å²) < 4.78 is 2.19. The van der Waals surface area contributed by atoms with Crippen LogP contribution in [-0.2, 0) is 0 Å². The number of thiazole rings is 1. The Balaban J connectivity index is 2.57. The molecule has 17 heavy (non-hydrogen) atoms. The zero-order chi connectivity index (χ0) is 12.6. The Morgan fingerprint density at radius 2 is 2.24 bits per heavy atom. The van der Waals surface area contributed by atoms with Crippen LogP contribution < -0.4 is 0 Å². The van der Waals surface area contributed by atoms with Crippen molar-refractivity contribution in [3.8, 4) is 0 Å². The van der Waals surface area contributed by atoms with E-state index in [1.54, 1.807) is 11.3 Å². The van der Waals surface area contributed by atoms with Crippen molar-refractivity contribution in [2.45, 2.75) is 27.7 Å². The number of alkyl halides is 1. The fourth-order valence-corrected chi connectivity index (χ4v) is 3.48. The topological polar surface area (TPSA) is 17.3 Å². The maximum absolute atomic E-state index is 4.60. The number of hydrogen-bond acceptors (Lipinski definition) is 2. The normalized spacial score (nSPS) is 12.9. The summed E-state index contributed by atoms with van der Waals surface area (Å²) >= 11 is 5.30. The van der Waals surface area contributed by atoms with Gasteiger partial charge in [-0.15, -0.1) is 11.3 Å². The van der Waals surface area contributed by atoms with Crippen LogP contribution in [0.5, 0.6) is 0 Å². The number of fused-ring (bicyclic) bond motifs is 1. The summed E-state index contributed by atoms with van der Waals surface area (Å²) in [5.41, 5.74) is 3.72. The highest BCUT2D eigenvalue weighted by atomic mass is 79.9. The summed E-state index contributed by atoms with van der Waals surface area (Å²) in [6.45, 7) is 8.64. The van der Waals surface area contributed by atoms with E-state index in [2.05, 4.69) is 65.3 Å². The van der Waals surface area contributed by atoms with Crippen molar-refractivity contribution in [1.29, 1.82) is 0 Å². The van der Waals surface area contributed by atoms with Gasteiger partial charge >= 0.3 is 0 Å². The molecule has 2 aromatic heterocycles. The van der Waals surface area contributed by atoms with Crippen LogP contribution in [0, 0.1) is 19.8 Å². The van der Waals surface area contributed by atoms with E-state index < -0.39 is 0 Å². The number of halogens is 1. The molecule has 0 saturated heterocycles. The summed E-state index contributed by atoms with van der Waals surface area (Å²) in [6, 6.07) is 0. The molecular formula is C13H17BrN2S. The lowest BCUT2D eigenvalue weighted by molar-refractivity contribution is 0.780. The predicted octanol–water partition coefficient (Wildman–Crippen LogP) is 4.45. The standard InChI is InChI=1S/C13H17BrN2S/c1-8(2)11(6-14)5-12-10(4)15-13-16(12)7-9(3)17-13/h5,7-8H,6H2,1-4H3. The molecule has 2 nitrogen and oxygen atoms in total. The Morgan fingerprint density at radius 1 is 1.53 bits per heavy atom. The monoisotopic (exact) mass is 312 g/mol. The SMILES string of the molecule is Cc1cn2c(C=C(CBr)C(C)C)c(C)nc2s1. The molecule has 0 aliphatic carbocycles. The van der Waals surface area contributed by atoms with Gasteiger partial charge in [0, 0.05) is 16.4 Å². The zero-order valence-corrected chi connectivity index (χ0v) is 13.0. The maximum atomic E-state index is 4.60. The van der Waals surface area contributed by atoms with E-state index >= 15 is 0 Å². The molecule has 0 aromatic carbocycles. The third-order valence-electron chi connectivity index (χ3n) is 2.88.